The first-order valence-electron chi connectivity index (χ1n) is 21.7. The van der Waals surface area contributed by atoms with Gasteiger partial charge < -0.3 is 4.90 Å². The van der Waals surface area contributed by atoms with Gasteiger partial charge >= 0.3 is 0 Å². The van der Waals surface area contributed by atoms with E-state index in [1.807, 2.05) is 11.3 Å². The van der Waals surface area contributed by atoms with Crippen molar-refractivity contribution < 1.29 is 0 Å². The molecule has 0 saturated heterocycles. The van der Waals surface area contributed by atoms with E-state index in [-0.39, 0.29) is 0 Å². The van der Waals surface area contributed by atoms with Crippen molar-refractivity contribution >= 4 is 48.6 Å². The van der Waals surface area contributed by atoms with Gasteiger partial charge in [-0.3, -0.25) is 0 Å². The van der Waals surface area contributed by atoms with Crippen molar-refractivity contribution in [3.63, 3.8) is 0 Å². The smallest absolute Gasteiger partial charge is 0.0714 e. The first kappa shape index (κ1) is 37.0. The van der Waals surface area contributed by atoms with Gasteiger partial charge in [0.2, 0.25) is 0 Å². The molecule has 296 valence electrons. The Morgan fingerprint density at radius 2 is 0.825 bits per heavy atom. The standard InChI is InChI=1S/C61H41NS/c1-4-17-42(18-5-1)44-33-37-49(38-34-44)62(50-39-35-45(36-40-50)43-19-6-2-7-20-43)57-31-16-30-56-59(57)54-26-10-12-29-55(54)61(56,47-22-8-3-9-23-47)48-24-14-21-46(41-48)51-27-15-28-53-52-25-11-13-32-58(52)63-60(51)53/h1-41H. The number of hydrogen-bond acceptors (Lipinski definition) is 2. The molecule has 12 rings (SSSR count). The molecule has 63 heavy (non-hydrogen) atoms. The number of fused-ring (bicyclic) bond motifs is 6. The van der Waals surface area contributed by atoms with E-state index < -0.39 is 5.41 Å². The van der Waals surface area contributed by atoms with E-state index in [4.69, 9.17) is 0 Å². The van der Waals surface area contributed by atoms with Crippen LogP contribution in [0, 0.1) is 0 Å². The molecule has 2 heteroatoms. The summed E-state index contributed by atoms with van der Waals surface area (Å²) in [6.07, 6.45) is 0. The van der Waals surface area contributed by atoms with Crippen molar-refractivity contribution in [1.82, 2.24) is 0 Å². The minimum atomic E-state index is -0.590. The van der Waals surface area contributed by atoms with Crippen LogP contribution < -0.4 is 4.90 Å². The summed E-state index contributed by atoms with van der Waals surface area (Å²) < 4.78 is 2.64. The average Bonchev–Trinajstić information content (AvgIpc) is 3.90. The molecule has 1 aromatic heterocycles. The van der Waals surface area contributed by atoms with Crippen molar-refractivity contribution in [3.05, 3.63) is 271 Å². The van der Waals surface area contributed by atoms with Crippen LogP contribution in [0.2, 0.25) is 0 Å². The molecule has 0 amide bonds. The molecule has 1 nitrogen and oxygen atoms in total. The summed E-state index contributed by atoms with van der Waals surface area (Å²) >= 11 is 1.89. The van der Waals surface area contributed by atoms with E-state index >= 15 is 0 Å². The highest BCUT2D eigenvalue weighted by atomic mass is 32.1. The maximum atomic E-state index is 2.47. The number of thiophene rings is 1. The topological polar surface area (TPSA) is 3.24 Å². The maximum Gasteiger partial charge on any atom is 0.0714 e. The van der Waals surface area contributed by atoms with Gasteiger partial charge in [0.1, 0.15) is 0 Å². The molecule has 0 aliphatic heterocycles. The van der Waals surface area contributed by atoms with E-state index in [2.05, 4.69) is 254 Å². The minimum Gasteiger partial charge on any atom is -0.310 e. The second-order valence-corrected chi connectivity index (χ2v) is 17.4. The maximum absolute atomic E-state index is 2.47. The molecule has 11 aromatic rings. The zero-order chi connectivity index (χ0) is 41.7. The normalized spacial score (nSPS) is 14.1. The Kier molecular flexibility index (Phi) is 8.98. The van der Waals surface area contributed by atoms with Crippen LogP contribution in [0.5, 0.6) is 0 Å². The third kappa shape index (κ3) is 6.06. The fraction of sp³-hybridized carbons (Fsp3) is 0.0164. The second-order valence-electron chi connectivity index (χ2n) is 16.4. The summed E-state index contributed by atoms with van der Waals surface area (Å²) in [6, 6.07) is 91.6. The molecule has 1 heterocycles. The van der Waals surface area contributed by atoms with Crippen molar-refractivity contribution in [2.45, 2.75) is 5.41 Å². The van der Waals surface area contributed by atoms with Crippen LogP contribution in [0.1, 0.15) is 22.3 Å². The number of benzene rings is 10. The fourth-order valence-corrected chi connectivity index (χ4v) is 11.4. The van der Waals surface area contributed by atoms with Crippen molar-refractivity contribution in [2.75, 3.05) is 4.90 Å². The third-order valence-corrected chi connectivity index (χ3v) is 14.2. The van der Waals surface area contributed by atoms with Gasteiger partial charge in [-0.25, -0.2) is 0 Å². The van der Waals surface area contributed by atoms with E-state index in [0.717, 1.165) is 17.1 Å². The highest BCUT2D eigenvalue weighted by Gasteiger charge is 2.47. The van der Waals surface area contributed by atoms with E-state index in [0.29, 0.717) is 0 Å². The van der Waals surface area contributed by atoms with Gasteiger partial charge in [-0.1, -0.05) is 206 Å². The largest absolute Gasteiger partial charge is 0.310 e. The molecule has 10 aromatic carbocycles. The first-order chi connectivity index (χ1) is 31.3. The first-order valence-corrected chi connectivity index (χ1v) is 22.5. The Morgan fingerprint density at radius 3 is 1.52 bits per heavy atom. The van der Waals surface area contributed by atoms with Gasteiger partial charge in [0.25, 0.3) is 0 Å². The zero-order valence-corrected chi connectivity index (χ0v) is 35.3. The molecule has 1 atom stereocenters. The van der Waals surface area contributed by atoms with Crippen LogP contribution in [0.25, 0.3) is 64.7 Å². The lowest BCUT2D eigenvalue weighted by Crippen LogP contribution is -2.28. The molecular weight excluding hydrogens is 779 g/mol. The van der Waals surface area contributed by atoms with Crippen LogP contribution in [0.3, 0.4) is 0 Å². The van der Waals surface area contributed by atoms with Crippen LogP contribution >= 0.6 is 11.3 Å². The van der Waals surface area contributed by atoms with Crippen LogP contribution in [-0.2, 0) is 5.41 Å². The van der Waals surface area contributed by atoms with Crippen LogP contribution in [0.15, 0.2) is 249 Å². The zero-order valence-electron chi connectivity index (χ0n) is 34.5. The Morgan fingerprint density at radius 1 is 0.333 bits per heavy atom. The molecule has 0 N–H and O–H groups in total. The summed E-state index contributed by atoms with van der Waals surface area (Å²) in [5.74, 6) is 0. The van der Waals surface area contributed by atoms with E-state index in [1.165, 1.54) is 86.9 Å². The van der Waals surface area contributed by atoms with E-state index in [9.17, 15) is 0 Å². The summed E-state index contributed by atoms with van der Waals surface area (Å²) in [5.41, 5.74) is 17.6. The summed E-state index contributed by atoms with van der Waals surface area (Å²) in [7, 11) is 0. The lowest BCUT2D eigenvalue weighted by molar-refractivity contribution is 0.769. The van der Waals surface area contributed by atoms with E-state index in [1.54, 1.807) is 0 Å². The number of rotatable bonds is 8. The fourth-order valence-electron chi connectivity index (χ4n) is 10.2. The second kappa shape index (κ2) is 15.3. The van der Waals surface area contributed by atoms with Crippen molar-refractivity contribution in [3.8, 4) is 44.5 Å². The monoisotopic (exact) mass is 819 g/mol. The highest BCUT2D eigenvalue weighted by Crippen LogP contribution is 2.60. The number of hydrogen-bond donors (Lipinski definition) is 0. The minimum absolute atomic E-state index is 0.590. The number of anilines is 3. The predicted octanol–water partition coefficient (Wildman–Crippen LogP) is 16.9. The Labute approximate surface area is 372 Å². The summed E-state index contributed by atoms with van der Waals surface area (Å²) in [5, 5.41) is 2.63. The van der Waals surface area contributed by atoms with Gasteiger partial charge in [0.05, 0.1) is 11.1 Å². The van der Waals surface area contributed by atoms with Gasteiger partial charge in [0.15, 0.2) is 0 Å². The Balaban J connectivity index is 1.09. The van der Waals surface area contributed by atoms with Crippen LogP contribution in [-0.4, -0.2) is 0 Å². The molecule has 1 unspecified atom stereocenters. The van der Waals surface area contributed by atoms with Gasteiger partial charge in [-0.05, 0) is 104 Å². The van der Waals surface area contributed by atoms with Gasteiger partial charge in [-0.2, -0.15) is 0 Å². The summed E-state index contributed by atoms with van der Waals surface area (Å²) in [6.45, 7) is 0. The molecule has 0 spiro atoms. The Hall–Kier alpha value is -7.78. The SMILES string of the molecule is c1ccc(-c2ccc(N(c3ccc(-c4ccccc4)cc3)c3cccc4c3-c3ccccc3C4(c3ccccc3)c3cccc(-c4cccc5c4sc4ccccc45)c3)cc2)cc1. The lowest BCUT2D eigenvalue weighted by Gasteiger charge is -2.35. The molecule has 0 saturated carbocycles. The molecule has 0 radical (unpaired) electrons. The average molecular weight is 820 g/mol. The molecule has 1 aliphatic rings. The lowest BCUT2D eigenvalue weighted by atomic mass is 9.67. The van der Waals surface area contributed by atoms with Gasteiger partial charge in [-0.15, -0.1) is 11.3 Å². The summed E-state index contributed by atoms with van der Waals surface area (Å²) in [4.78, 5) is 2.46. The molecular formula is C61H41NS. The van der Waals surface area contributed by atoms with Gasteiger partial charge in [0, 0.05) is 37.1 Å². The Bertz CT molecular complexity index is 3340. The molecule has 0 fully saturated rings. The van der Waals surface area contributed by atoms with Crippen molar-refractivity contribution in [1.29, 1.82) is 0 Å². The highest BCUT2D eigenvalue weighted by molar-refractivity contribution is 7.26. The molecule has 1 aliphatic carbocycles. The van der Waals surface area contributed by atoms with Crippen LogP contribution in [0.4, 0.5) is 17.1 Å². The molecule has 0 bridgehead atoms. The quantitative estimate of drug-likeness (QED) is 0.148. The number of nitrogens with zero attached hydrogens (tertiary/aromatic N) is 1. The van der Waals surface area contributed by atoms with Crippen molar-refractivity contribution in [2.24, 2.45) is 0 Å². The third-order valence-electron chi connectivity index (χ3n) is 13.0. The predicted molar refractivity (Wildman–Crippen MR) is 268 cm³/mol.